The van der Waals surface area contributed by atoms with E-state index < -0.39 is 16.1 Å². The van der Waals surface area contributed by atoms with Crippen molar-refractivity contribution in [2.75, 3.05) is 38.0 Å². The molecule has 2 aromatic carbocycles. The maximum absolute atomic E-state index is 12.0. The van der Waals surface area contributed by atoms with Crippen molar-refractivity contribution >= 4 is 33.4 Å². The molecule has 43 heavy (non-hydrogen) atoms. The van der Waals surface area contributed by atoms with Crippen LogP contribution in [0.2, 0.25) is 5.02 Å². The van der Waals surface area contributed by atoms with Gasteiger partial charge in [0.05, 0.1) is 36.3 Å². The molecule has 0 bridgehead atoms. The molecule has 2 saturated carbocycles. The number of ether oxygens (including phenoxy) is 2. The summed E-state index contributed by atoms with van der Waals surface area (Å²) in [6.45, 7) is 2.02. The topological polar surface area (TPSA) is 102 Å². The van der Waals surface area contributed by atoms with Crippen LogP contribution in [-0.2, 0) is 30.9 Å². The summed E-state index contributed by atoms with van der Waals surface area (Å²) >= 11 is 6.40. The molecule has 6 rings (SSSR count). The Morgan fingerprint density at radius 1 is 1.16 bits per heavy atom. The molecule has 6 atom stereocenters. The van der Waals surface area contributed by atoms with Crippen LogP contribution in [0, 0.1) is 17.8 Å². The van der Waals surface area contributed by atoms with Gasteiger partial charge >= 0.3 is 5.97 Å². The number of hydrogen-bond acceptors (Lipinski definition) is 7. The van der Waals surface area contributed by atoms with Gasteiger partial charge in [0.15, 0.2) is 0 Å². The average Bonchev–Trinajstić information content (AvgIpc) is 3.10. The van der Waals surface area contributed by atoms with E-state index in [-0.39, 0.29) is 29.1 Å². The zero-order chi connectivity index (χ0) is 30.4. The minimum absolute atomic E-state index is 0.0178. The Bertz CT molecular complexity index is 1470. The van der Waals surface area contributed by atoms with Crippen molar-refractivity contribution in [1.29, 1.82) is 0 Å². The summed E-state index contributed by atoms with van der Waals surface area (Å²) < 4.78 is 41.7. The van der Waals surface area contributed by atoms with Gasteiger partial charge in [-0.3, -0.25) is 4.18 Å². The standard InChI is InChI=1S/C33H42ClNO7S/c1-40-31(22-5-3-7-26(16-22)42-43(2,38)39)27-11-8-24(27)18-35-19-33(14-4-6-21-15-25(34)10-12-28(21)33)20-41-30-13-9-23(32(36)37)17-29(30)35/h9-10,12-13,15,17,22,24,26-27,31H,3-8,11,14,16,18-20H2,1-2H3,(H,36,37)/t22-,24+,26+,27-,31+,33?/m1/s1. The number of benzene rings is 2. The molecular formula is C33H42ClNO7S. The molecule has 1 heterocycles. The van der Waals surface area contributed by atoms with Crippen LogP contribution >= 0.6 is 11.6 Å². The van der Waals surface area contributed by atoms with Crippen molar-refractivity contribution < 1.29 is 32.0 Å². The number of aromatic carboxylic acids is 1. The van der Waals surface area contributed by atoms with Crippen molar-refractivity contribution in [3.63, 3.8) is 0 Å². The normalized spacial score (nSPS) is 29.5. The summed E-state index contributed by atoms with van der Waals surface area (Å²) in [5.41, 5.74) is 3.39. The molecule has 1 aliphatic heterocycles. The highest BCUT2D eigenvalue weighted by Crippen LogP contribution is 2.48. The van der Waals surface area contributed by atoms with Gasteiger partial charge in [0.25, 0.3) is 10.1 Å². The number of nitrogens with zero attached hydrogens (tertiary/aromatic N) is 1. The molecule has 1 unspecified atom stereocenters. The number of halogens is 1. The first kappa shape index (κ1) is 30.7. The second-order valence-corrected chi connectivity index (χ2v) is 15.2. The SMILES string of the molecule is CO[C@@H]([C@@H]1CCC[C@H](OS(C)(=O)=O)C1)[C@@H]1CC[C@H]1CN1CC2(CCCc3cc(Cl)ccc32)COc2ccc(C(=O)O)cc21. The van der Waals surface area contributed by atoms with Crippen LogP contribution in [-0.4, -0.2) is 64.8 Å². The Balaban J connectivity index is 1.28. The van der Waals surface area contributed by atoms with Crippen LogP contribution in [0.1, 0.15) is 72.9 Å². The smallest absolute Gasteiger partial charge is 0.335 e. The summed E-state index contributed by atoms with van der Waals surface area (Å²) in [6, 6.07) is 11.4. The van der Waals surface area contributed by atoms with Crippen molar-refractivity contribution in [2.45, 2.75) is 75.4 Å². The lowest BCUT2D eigenvalue weighted by molar-refractivity contribution is -0.0693. The number of methoxy groups -OCH3 is 1. The van der Waals surface area contributed by atoms with Crippen LogP contribution in [0.5, 0.6) is 5.75 Å². The van der Waals surface area contributed by atoms with Crippen LogP contribution in [0.25, 0.3) is 0 Å². The second-order valence-electron chi connectivity index (χ2n) is 13.1. The van der Waals surface area contributed by atoms with Crippen LogP contribution in [0.4, 0.5) is 5.69 Å². The van der Waals surface area contributed by atoms with Gasteiger partial charge in [0, 0.05) is 30.6 Å². The lowest BCUT2D eigenvalue weighted by atomic mass is 9.65. The molecule has 2 fully saturated rings. The Morgan fingerprint density at radius 2 is 2.00 bits per heavy atom. The molecule has 4 aliphatic rings. The van der Waals surface area contributed by atoms with E-state index in [4.69, 9.17) is 25.3 Å². The van der Waals surface area contributed by atoms with E-state index in [1.807, 2.05) is 6.07 Å². The van der Waals surface area contributed by atoms with Gasteiger partial charge in [-0.05, 0) is 111 Å². The lowest BCUT2D eigenvalue weighted by Crippen LogP contribution is -2.51. The van der Waals surface area contributed by atoms with E-state index in [9.17, 15) is 18.3 Å². The largest absolute Gasteiger partial charge is 0.490 e. The molecule has 0 saturated heterocycles. The predicted octanol–water partition coefficient (Wildman–Crippen LogP) is 6.09. The van der Waals surface area contributed by atoms with Gasteiger partial charge in [-0.15, -0.1) is 0 Å². The van der Waals surface area contributed by atoms with Crippen molar-refractivity contribution in [2.24, 2.45) is 17.8 Å². The third-order valence-corrected chi connectivity index (χ3v) is 11.2. The van der Waals surface area contributed by atoms with Crippen LogP contribution < -0.4 is 9.64 Å². The highest BCUT2D eigenvalue weighted by molar-refractivity contribution is 7.86. The fraction of sp³-hybridized carbons (Fsp3) is 0.606. The number of aryl methyl sites for hydroxylation is 1. The van der Waals surface area contributed by atoms with Crippen molar-refractivity contribution in [1.82, 2.24) is 0 Å². The molecule has 3 aliphatic carbocycles. The first-order valence-corrected chi connectivity index (χ1v) is 17.7. The molecule has 1 spiro atoms. The number of carboxylic acid groups (broad SMARTS) is 1. The number of hydrogen-bond donors (Lipinski definition) is 1. The zero-order valence-electron chi connectivity index (χ0n) is 25.0. The van der Waals surface area contributed by atoms with Crippen LogP contribution in [0.15, 0.2) is 36.4 Å². The Kier molecular flexibility index (Phi) is 8.72. The second kappa shape index (κ2) is 12.2. The lowest BCUT2D eigenvalue weighted by Gasteiger charge is -2.48. The van der Waals surface area contributed by atoms with E-state index in [2.05, 4.69) is 17.0 Å². The average molecular weight is 632 g/mol. The molecule has 1 N–H and O–H groups in total. The van der Waals surface area contributed by atoms with E-state index in [0.29, 0.717) is 24.9 Å². The number of carbonyl (C=O) groups is 1. The molecule has 2 aromatic rings. The van der Waals surface area contributed by atoms with Crippen molar-refractivity contribution in [3.8, 4) is 5.75 Å². The predicted molar refractivity (Wildman–Crippen MR) is 166 cm³/mol. The maximum Gasteiger partial charge on any atom is 0.335 e. The first-order chi connectivity index (χ1) is 20.5. The van der Waals surface area contributed by atoms with Gasteiger partial charge in [0.1, 0.15) is 5.75 Å². The van der Waals surface area contributed by atoms with E-state index >= 15 is 0 Å². The van der Waals surface area contributed by atoms with Crippen LogP contribution in [0.3, 0.4) is 0 Å². The Hall–Kier alpha value is -2.33. The molecule has 234 valence electrons. The fourth-order valence-electron chi connectivity index (χ4n) is 8.32. The third-order valence-electron chi connectivity index (χ3n) is 10.4. The highest BCUT2D eigenvalue weighted by Gasteiger charge is 2.46. The molecule has 8 nitrogen and oxygen atoms in total. The maximum atomic E-state index is 12.0. The van der Waals surface area contributed by atoms with Crippen molar-refractivity contribution in [3.05, 3.63) is 58.1 Å². The summed E-state index contributed by atoms with van der Waals surface area (Å²) in [4.78, 5) is 14.4. The quantitative estimate of drug-likeness (QED) is 0.350. The van der Waals surface area contributed by atoms with E-state index in [1.54, 1.807) is 25.3 Å². The summed E-state index contributed by atoms with van der Waals surface area (Å²) in [5.74, 6) is 0.679. The minimum atomic E-state index is -3.51. The number of anilines is 1. The van der Waals surface area contributed by atoms with E-state index in [0.717, 1.165) is 87.2 Å². The van der Waals surface area contributed by atoms with Gasteiger partial charge in [-0.2, -0.15) is 8.42 Å². The number of fused-ring (bicyclic) bond motifs is 3. The number of carboxylic acids is 1. The monoisotopic (exact) mass is 631 g/mol. The molecule has 0 radical (unpaired) electrons. The Morgan fingerprint density at radius 3 is 2.72 bits per heavy atom. The van der Waals surface area contributed by atoms with Gasteiger partial charge in [-0.1, -0.05) is 24.1 Å². The van der Waals surface area contributed by atoms with Gasteiger partial charge in [0.2, 0.25) is 0 Å². The fourth-order valence-corrected chi connectivity index (χ4v) is 9.18. The minimum Gasteiger partial charge on any atom is -0.490 e. The summed E-state index contributed by atoms with van der Waals surface area (Å²) in [6.07, 6.45) is 9.31. The highest BCUT2D eigenvalue weighted by atomic mass is 35.5. The van der Waals surface area contributed by atoms with E-state index in [1.165, 1.54) is 11.1 Å². The summed E-state index contributed by atoms with van der Waals surface area (Å²) in [7, 11) is -1.74. The number of rotatable bonds is 8. The molecular weight excluding hydrogens is 590 g/mol. The molecule has 0 amide bonds. The Labute approximate surface area is 259 Å². The third kappa shape index (κ3) is 6.42. The summed E-state index contributed by atoms with van der Waals surface area (Å²) in [5, 5.41) is 10.6. The molecule has 10 heteroatoms. The van der Waals surface area contributed by atoms with Gasteiger partial charge < -0.3 is 19.5 Å². The van der Waals surface area contributed by atoms with Gasteiger partial charge in [-0.25, -0.2) is 4.79 Å². The molecule has 0 aromatic heterocycles. The zero-order valence-corrected chi connectivity index (χ0v) is 26.5. The first-order valence-electron chi connectivity index (χ1n) is 15.5.